The molecule has 0 radical (unpaired) electrons. The van der Waals surface area contributed by atoms with Gasteiger partial charge in [-0.2, -0.15) is 5.26 Å². The van der Waals surface area contributed by atoms with Crippen LogP contribution >= 0.6 is 27.3 Å². The van der Waals surface area contributed by atoms with Gasteiger partial charge in [0.25, 0.3) is 0 Å². The zero-order valence-electron chi connectivity index (χ0n) is 9.58. The maximum atomic E-state index is 12.3. The third-order valence-electron chi connectivity index (χ3n) is 2.32. The van der Waals surface area contributed by atoms with Gasteiger partial charge >= 0.3 is 0 Å². The van der Waals surface area contributed by atoms with Gasteiger partial charge in [-0.05, 0) is 46.3 Å². The molecule has 0 spiro atoms. The normalized spacial score (nSPS) is 12.1. The smallest absolute Gasteiger partial charge is 0.216 e. The lowest BCUT2D eigenvalue weighted by Crippen LogP contribution is -2.02. The molecule has 2 aromatic rings. The lowest BCUT2D eigenvalue weighted by Gasteiger charge is -2.01. The standard InChI is InChI=1S/C13H8BrNO2S2/c14-13-7-6-10(18-13)8-12(9-15)19(16,17)11-4-2-1-3-5-11/h1-8H/b12-8-. The summed E-state index contributed by atoms with van der Waals surface area (Å²) in [6.07, 6.45) is 1.39. The van der Waals surface area contributed by atoms with Gasteiger partial charge in [0.1, 0.15) is 6.07 Å². The molecule has 0 N–H and O–H groups in total. The topological polar surface area (TPSA) is 57.9 Å². The number of thiophene rings is 1. The first-order chi connectivity index (χ1) is 9.04. The Morgan fingerprint density at radius 2 is 1.89 bits per heavy atom. The molecule has 0 bridgehead atoms. The van der Waals surface area contributed by atoms with E-state index in [0.717, 1.165) is 3.79 Å². The molecule has 0 saturated carbocycles. The predicted octanol–water partition coefficient (Wildman–Crippen LogP) is 3.85. The van der Waals surface area contributed by atoms with Gasteiger partial charge < -0.3 is 0 Å². The summed E-state index contributed by atoms with van der Waals surface area (Å²) in [6, 6.07) is 13.3. The van der Waals surface area contributed by atoms with E-state index < -0.39 is 9.84 Å². The summed E-state index contributed by atoms with van der Waals surface area (Å²) >= 11 is 4.66. The Kier molecular flexibility index (Phi) is 4.20. The molecule has 1 heterocycles. The number of hydrogen-bond acceptors (Lipinski definition) is 4. The molecule has 0 fully saturated rings. The van der Waals surface area contributed by atoms with Gasteiger partial charge in [0.2, 0.25) is 9.84 Å². The molecule has 0 unspecified atom stereocenters. The molecule has 1 aromatic carbocycles. The molecule has 0 aliphatic carbocycles. The number of hydrogen-bond donors (Lipinski definition) is 0. The number of allylic oxidation sites excluding steroid dienone is 1. The maximum absolute atomic E-state index is 12.3. The lowest BCUT2D eigenvalue weighted by atomic mass is 10.4. The van der Waals surface area contributed by atoms with Gasteiger partial charge in [-0.15, -0.1) is 11.3 Å². The first-order valence-corrected chi connectivity index (χ1v) is 8.30. The van der Waals surface area contributed by atoms with Crippen LogP contribution in [0.5, 0.6) is 0 Å². The van der Waals surface area contributed by atoms with Gasteiger partial charge in [-0.3, -0.25) is 0 Å². The van der Waals surface area contributed by atoms with E-state index in [1.165, 1.54) is 29.5 Å². The Hall–Kier alpha value is -1.42. The molecular weight excluding hydrogens is 346 g/mol. The minimum atomic E-state index is -3.75. The summed E-state index contributed by atoms with van der Waals surface area (Å²) in [5, 5.41) is 9.09. The summed E-state index contributed by atoms with van der Waals surface area (Å²) in [5.74, 6) is 0. The molecule has 0 aliphatic heterocycles. The van der Waals surface area contributed by atoms with Crippen molar-refractivity contribution in [2.75, 3.05) is 0 Å². The van der Waals surface area contributed by atoms with Crippen LogP contribution in [0.3, 0.4) is 0 Å². The predicted molar refractivity (Wildman–Crippen MR) is 79.2 cm³/mol. The second-order valence-electron chi connectivity index (χ2n) is 3.58. The third kappa shape index (κ3) is 3.13. The van der Waals surface area contributed by atoms with Gasteiger partial charge in [0.15, 0.2) is 4.91 Å². The van der Waals surface area contributed by atoms with Crippen molar-refractivity contribution in [2.24, 2.45) is 0 Å². The minimum absolute atomic E-state index is 0.124. The van der Waals surface area contributed by atoms with Crippen LogP contribution in [-0.2, 0) is 9.84 Å². The molecule has 1 aromatic heterocycles. The summed E-state index contributed by atoms with van der Waals surface area (Å²) < 4.78 is 25.4. The largest absolute Gasteiger partial charge is 0.218 e. The highest BCUT2D eigenvalue weighted by molar-refractivity contribution is 9.11. The van der Waals surface area contributed by atoms with Crippen LogP contribution in [0.25, 0.3) is 6.08 Å². The van der Waals surface area contributed by atoms with E-state index >= 15 is 0 Å². The third-order valence-corrected chi connectivity index (χ3v) is 5.57. The summed E-state index contributed by atoms with van der Waals surface area (Å²) in [4.78, 5) is 0.578. The van der Waals surface area contributed by atoms with Gasteiger partial charge in [0.05, 0.1) is 8.68 Å². The van der Waals surface area contributed by atoms with E-state index in [2.05, 4.69) is 15.9 Å². The van der Waals surface area contributed by atoms with E-state index in [9.17, 15) is 8.42 Å². The van der Waals surface area contributed by atoms with Gasteiger partial charge in [-0.25, -0.2) is 8.42 Å². The number of nitrogens with zero attached hydrogens (tertiary/aromatic N) is 1. The molecule has 0 aliphatic rings. The van der Waals surface area contributed by atoms with E-state index in [-0.39, 0.29) is 9.80 Å². The second-order valence-corrected chi connectivity index (χ2v) is 7.99. The Morgan fingerprint density at radius 1 is 1.21 bits per heavy atom. The van der Waals surface area contributed by atoms with Crippen molar-refractivity contribution < 1.29 is 8.42 Å². The SMILES string of the molecule is N#C/C(=C/c1ccc(Br)s1)S(=O)(=O)c1ccccc1. The zero-order valence-corrected chi connectivity index (χ0v) is 12.8. The van der Waals surface area contributed by atoms with Crippen molar-refractivity contribution in [3.05, 3.63) is 56.0 Å². The molecule has 0 atom stereocenters. The molecule has 19 heavy (non-hydrogen) atoms. The fourth-order valence-electron chi connectivity index (χ4n) is 1.43. The molecule has 6 heteroatoms. The van der Waals surface area contributed by atoms with Crippen LogP contribution in [-0.4, -0.2) is 8.42 Å². The highest BCUT2D eigenvalue weighted by Crippen LogP contribution is 2.27. The quantitative estimate of drug-likeness (QED) is 0.787. The summed E-state index contributed by atoms with van der Waals surface area (Å²) in [7, 11) is -3.75. The maximum Gasteiger partial charge on any atom is 0.216 e. The monoisotopic (exact) mass is 353 g/mol. The number of sulfone groups is 1. The number of rotatable bonds is 3. The van der Waals surface area contributed by atoms with Gasteiger partial charge in [-0.1, -0.05) is 18.2 Å². The van der Waals surface area contributed by atoms with E-state index in [1.54, 1.807) is 36.4 Å². The van der Waals surface area contributed by atoms with Crippen molar-refractivity contribution in [1.82, 2.24) is 0 Å². The summed E-state index contributed by atoms with van der Waals surface area (Å²) in [5.41, 5.74) is 0. The Morgan fingerprint density at radius 3 is 2.42 bits per heavy atom. The first-order valence-electron chi connectivity index (χ1n) is 5.21. The van der Waals surface area contributed by atoms with Gasteiger partial charge in [0, 0.05) is 4.88 Å². The van der Waals surface area contributed by atoms with Crippen molar-refractivity contribution in [1.29, 1.82) is 5.26 Å². The fraction of sp³-hybridized carbons (Fsp3) is 0. The van der Waals surface area contributed by atoms with Crippen LogP contribution < -0.4 is 0 Å². The molecule has 96 valence electrons. The minimum Gasteiger partial charge on any atom is -0.218 e. The van der Waals surface area contributed by atoms with E-state index in [0.29, 0.717) is 4.88 Å². The Balaban J connectivity index is 2.49. The van der Waals surface area contributed by atoms with Crippen LogP contribution in [0, 0.1) is 11.3 Å². The molecular formula is C13H8BrNO2S2. The lowest BCUT2D eigenvalue weighted by molar-refractivity contribution is 0.603. The first kappa shape index (κ1) is 14.0. The average molecular weight is 354 g/mol. The molecule has 0 amide bonds. The highest BCUT2D eigenvalue weighted by Gasteiger charge is 2.20. The van der Waals surface area contributed by atoms with Crippen LogP contribution in [0.4, 0.5) is 0 Å². The van der Waals surface area contributed by atoms with Crippen molar-refractivity contribution in [3.8, 4) is 6.07 Å². The highest BCUT2D eigenvalue weighted by atomic mass is 79.9. The van der Waals surface area contributed by atoms with Crippen LogP contribution in [0.15, 0.2) is 56.1 Å². The van der Waals surface area contributed by atoms with E-state index in [1.807, 2.05) is 0 Å². The Bertz CT molecular complexity index is 755. The average Bonchev–Trinajstić information content (AvgIpc) is 2.82. The molecule has 0 saturated heterocycles. The molecule has 2 rings (SSSR count). The van der Waals surface area contributed by atoms with Crippen LogP contribution in [0.2, 0.25) is 0 Å². The van der Waals surface area contributed by atoms with Crippen LogP contribution in [0.1, 0.15) is 4.88 Å². The molecule has 3 nitrogen and oxygen atoms in total. The van der Waals surface area contributed by atoms with E-state index in [4.69, 9.17) is 5.26 Å². The zero-order chi connectivity index (χ0) is 13.9. The summed E-state index contributed by atoms with van der Waals surface area (Å²) in [6.45, 7) is 0. The Labute approximate surface area is 123 Å². The second kappa shape index (κ2) is 5.70. The van der Waals surface area contributed by atoms with Crippen molar-refractivity contribution in [3.63, 3.8) is 0 Å². The number of benzene rings is 1. The van der Waals surface area contributed by atoms with Crippen molar-refractivity contribution in [2.45, 2.75) is 4.90 Å². The van der Waals surface area contributed by atoms with Crippen molar-refractivity contribution >= 4 is 43.2 Å². The number of halogens is 1. The number of nitriles is 1. The fourth-order valence-corrected chi connectivity index (χ4v) is 4.04.